The first-order chi connectivity index (χ1) is 12.0. The van der Waals surface area contributed by atoms with Crippen molar-refractivity contribution < 1.29 is 14.7 Å². The van der Waals surface area contributed by atoms with E-state index in [1.165, 1.54) is 0 Å². The average Bonchev–Trinajstić information content (AvgIpc) is 2.90. The Kier molecular flexibility index (Phi) is 4.88. The summed E-state index contributed by atoms with van der Waals surface area (Å²) in [6.45, 7) is 5.57. The van der Waals surface area contributed by atoms with E-state index in [1.54, 1.807) is 11.1 Å². The first-order valence-electron chi connectivity index (χ1n) is 8.56. The molecule has 0 atom stereocenters. The van der Waals surface area contributed by atoms with Crippen LogP contribution in [0.5, 0.6) is 0 Å². The highest BCUT2D eigenvalue weighted by atomic mass is 16.4. The predicted octanol–water partition coefficient (Wildman–Crippen LogP) is 2.49. The lowest BCUT2D eigenvalue weighted by molar-refractivity contribution is -0.143. The van der Waals surface area contributed by atoms with E-state index in [2.05, 4.69) is 9.55 Å². The topological polar surface area (TPSA) is 75.4 Å². The van der Waals surface area contributed by atoms with Crippen molar-refractivity contribution in [3.8, 4) is 0 Å². The zero-order chi connectivity index (χ0) is 18.0. The lowest BCUT2D eigenvalue weighted by Crippen LogP contribution is -2.40. The predicted molar refractivity (Wildman–Crippen MR) is 93.5 cm³/mol. The molecule has 0 unspecified atom stereocenters. The number of likely N-dealkylation sites (tertiary alicyclic amines) is 1. The Morgan fingerprint density at radius 3 is 2.56 bits per heavy atom. The van der Waals surface area contributed by atoms with Crippen molar-refractivity contribution in [2.24, 2.45) is 5.92 Å². The van der Waals surface area contributed by atoms with Crippen LogP contribution in [0, 0.1) is 19.8 Å². The average molecular weight is 341 g/mol. The van der Waals surface area contributed by atoms with Crippen LogP contribution in [0.3, 0.4) is 0 Å². The quantitative estimate of drug-likeness (QED) is 0.927. The fourth-order valence-electron chi connectivity index (χ4n) is 3.41. The molecule has 3 heterocycles. The van der Waals surface area contributed by atoms with E-state index in [9.17, 15) is 9.59 Å². The van der Waals surface area contributed by atoms with Gasteiger partial charge >= 0.3 is 5.97 Å². The molecule has 1 aliphatic rings. The fraction of sp³-hybridized carbons (Fsp3) is 0.421. The number of pyridine rings is 1. The van der Waals surface area contributed by atoms with Crippen molar-refractivity contribution in [2.75, 3.05) is 13.1 Å². The third-order valence-corrected chi connectivity index (χ3v) is 4.98. The summed E-state index contributed by atoms with van der Waals surface area (Å²) < 4.78 is 2.10. The van der Waals surface area contributed by atoms with Crippen molar-refractivity contribution in [1.82, 2.24) is 14.5 Å². The summed E-state index contributed by atoms with van der Waals surface area (Å²) in [6, 6.07) is 7.73. The Morgan fingerprint density at radius 2 is 1.96 bits per heavy atom. The van der Waals surface area contributed by atoms with Gasteiger partial charge in [0.05, 0.1) is 23.7 Å². The molecule has 1 saturated heterocycles. The van der Waals surface area contributed by atoms with Gasteiger partial charge in [-0.15, -0.1) is 0 Å². The Morgan fingerprint density at radius 1 is 1.24 bits per heavy atom. The van der Waals surface area contributed by atoms with Gasteiger partial charge in [0, 0.05) is 30.7 Å². The zero-order valence-corrected chi connectivity index (χ0v) is 14.6. The molecular formula is C19H23N3O3. The summed E-state index contributed by atoms with van der Waals surface area (Å²) >= 11 is 0. The van der Waals surface area contributed by atoms with Crippen LogP contribution in [0.15, 0.2) is 30.5 Å². The van der Waals surface area contributed by atoms with E-state index in [4.69, 9.17) is 5.11 Å². The summed E-state index contributed by atoms with van der Waals surface area (Å²) in [4.78, 5) is 30.1. The monoisotopic (exact) mass is 341 g/mol. The highest BCUT2D eigenvalue weighted by molar-refractivity contribution is 5.96. The van der Waals surface area contributed by atoms with Gasteiger partial charge < -0.3 is 14.6 Å². The van der Waals surface area contributed by atoms with Crippen LogP contribution in [-0.4, -0.2) is 44.5 Å². The molecule has 6 heteroatoms. The van der Waals surface area contributed by atoms with Gasteiger partial charge in [0.2, 0.25) is 0 Å². The highest BCUT2D eigenvalue weighted by Gasteiger charge is 2.29. The number of rotatable bonds is 4. The number of piperidine rings is 1. The van der Waals surface area contributed by atoms with Crippen LogP contribution in [0.2, 0.25) is 0 Å². The van der Waals surface area contributed by atoms with Crippen LogP contribution >= 0.6 is 0 Å². The number of carbonyl (C=O) groups is 2. The highest BCUT2D eigenvalue weighted by Crippen LogP contribution is 2.23. The molecule has 6 nitrogen and oxygen atoms in total. The smallest absolute Gasteiger partial charge is 0.306 e. The van der Waals surface area contributed by atoms with E-state index in [0.29, 0.717) is 38.0 Å². The van der Waals surface area contributed by atoms with E-state index in [0.717, 1.165) is 17.1 Å². The van der Waals surface area contributed by atoms with Gasteiger partial charge in [-0.05, 0) is 44.9 Å². The first-order valence-corrected chi connectivity index (χ1v) is 8.56. The Hall–Kier alpha value is -2.63. The van der Waals surface area contributed by atoms with Gasteiger partial charge in [0.25, 0.3) is 5.91 Å². The lowest BCUT2D eigenvalue weighted by atomic mass is 9.96. The van der Waals surface area contributed by atoms with Gasteiger partial charge in [-0.1, -0.05) is 6.07 Å². The normalized spacial score (nSPS) is 15.4. The maximum atomic E-state index is 12.9. The molecule has 132 valence electrons. The number of aryl methyl sites for hydroxylation is 1. The number of carboxylic acid groups (broad SMARTS) is 1. The third kappa shape index (κ3) is 3.57. The number of nitrogens with zero attached hydrogens (tertiary/aromatic N) is 3. The number of carboxylic acids is 1. The van der Waals surface area contributed by atoms with Gasteiger partial charge in [0.15, 0.2) is 0 Å². The molecule has 0 spiro atoms. The SMILES string of the molecule is Cc1cc(C(=O)N2CCC(C(=O)O)CC2)c(C)n1Cc1ccccn1. The molecule has 25 heavy (non-hydrogen) atoms. The zero-order valence-electron chi connectivity index (χ0n) is 14.6. The second-order valence-electron chi connectivity index (χ2n) is 6.60. The van der Waals surface area contributed by atoms with Crippen molar-refractivity contribution in [2.45, 2.75) is 33.2 Å². The first kappa shape index (κ1) is 17.2. The van der Waals surface area contributed by atoms with E-state index in [-0.39, 0.29) is 11.8 Å². The fourth-order valence-corrected chi connectivity index (χ4v) is 3.41. The van der Waals surface area contributed by atoms with Gasteiger partial charge in [0.1, 0.15) is 0 Å². The van der Waals surface area contributed by atoms with Gasteiger partial charge in [-0.25, -0.2) is 0 Å². The molecule has 1 aliphatic heterocycles. The van der Waals surface area contributed by atoms with Crippen molar-refractivity contribution in [1.29, 1.82) is 0 Å². The van der Waals surface area contributed by atoms with Crippen molar-refractivity contribution >= 4 is 11.9 Å². The number of amides is 1. The van der Waals surface area contributed by atoms with E-state index in [1.807, 2.05) is 38.1 Å². The standard InChI is InChI=1S/C19H23N3O3/c1-13-11-17(14(2)22(13)12-16-5-3-4-8-20-16)18(23)21-9-6-15(7-10-21)19(24)25/h3-5,8,11,15H,6-7,9-10,12H2,1-2H3,(H,24,25). The summed E-state index contributed by atoms with van der Waals surface area (Å²) in [7, 11) is 0. The second-order valence-corrected chi connectivity index (χ2v) is 6.60. The molecule has 2 aromatic rings. The molecule has 1 N–H and O–H groups in total. The van der Waals surface area contributed by atoms with Crippen LogP contribution in [-0.2, 0) is 11.3 Å². The number of hydrogen-bond donors (Lipinski definition) is 1. The molecule has 0 aliphatic carbocycles. The van der Waals surface area contributed by atoms with Crippen LogP contribution in [0.4, 0.5) is 0 Å². The molecule has 0 radical (unpaired) electrons. The number of carbonyl (C=O) groups excluding carboxylic acids is 1. The molecule has 2 aromatic heterocycles. The number of aromatic nitrogens is 2. The van der Waals surface area contributed by atoms with Crippen molar-refractivity contribution in [3.05, 3.63) is 53.1 Å². The molecule has 0 aromatic carbocycles. The minimum absolute atomic E-state index is 0.00999. The van der Waals surface area contributed by atoms with E-state index >= 15 is 0 Å². The molecule has 1 fully saturated rings. The number of hydrogen-bond acceptors (Lipinski definition) is 3. The molecule has 0 bridgehead atoms. The molecular weight excluding hydrogens is 318 g/mol. The molecule has 1 amide bonds. The summed E-state index contributed by atoms with van der Waals surface area (Å²) in [5, 5.41) is 9.09. The summed E-state index contributed by atoms with van der Waals surface area (Å²) in [5.74, 6) is -1.11. The van der Waals surface area contributed by atoms with Crippen LogP contribution < -0.4 is 0 Å². The third-order valence-electron chi connectivity index (χ3n) is 4.98. The largest absolute Gasteiger partial charge is 0.481 e. The maximum absolute atomic E-state index is 12.9. The Labute approximate surface area is 147 Å². The number of aliphatic carboxylic acids is 1. The Balaban J connectivity index is 1.76. The minimum Gasteiger partial charge on any atom is -0.481 e. The second kappa shape index (κ2) is 7.09. The van der Waals surface area contributed by atoms with Gasteiger partial charge in [-0.3, -0.25) is 14.6 Å². The summed E-state index contributed by atoms with van der Waals surface area (Å²) in [6.07, 6.45) is 2.81. The maximum Gasteiger partial charge on any atom is 0.306 e. The van der Waals surface area contributed by atoms with Gasteiger partial charge in [-0.2, -0.15) is 0 Å². The van der Waals surface area contributed by atoms with Crippen LogP contribution in [0.1, 0.15) is 40.3 Å². The Bertz CT molecular complexity index is 775. The van der Waals surface area contributed by atoms with E-state index < -0.39 is 5.97 Å². The summed E-state index contributed by atoms with van der Waals surface area (Å²) in [5.41, 5.74) is 3.59. The van der Waals surface area contributed by atoms with Crippen molar-refractivity contribution in [3.63, 3.8) is 0 Å². The lowest BCUT2D eigenvalue weighted by Gasteiger charge is -2.30. The molecule has 0 saturated carbocycles. The minimum atomic E-state index is -0.763. The van der Waals surface area contributed by atoms with Crippen LogP contribution in [0.25, 0.3) is 0 Å². The molecule has 3 rings (SSSR count).